The highest BCUT2D eigenvalue weighted by molar-refractivity contribution is 7.89. The van der Waals surface area contributed by atoms with E-state index in [2.05, 4.69) is 5.32 Å². The lowest BCUT2D eigenvalue weighted by Crippen LogP contribution is -2.31. The van der Waals surface area contributed by atoms with Crippen LogP contribution in [0.1, 0.15) is 24.3 Å². The molecule has 0 atom stereocenters. The van der Waals surface area contributed by atoms with Crippen LogP contribution in [0.2, 0.25) is 0 Å². The summed E-state index contributed by atoms with van der Waals surface area (Å²) >= 11 is 1.49. The fraction of sp³-hybridized carbons (Fsp3) is 0.692. The predicted molar refractivity (Wildman–Crippen MR) is 82.7 cm³/mol. The van der Waals surface area contributed by atoms with E-state index in [1.165, 1.54) is 15.6 Å². The zero-order valence-electron chi connectivity index (χ0n) is 12.6. The molecule has 0 radical (unpaired) electrons. The number of thiophene rings is 1. The van der Waals surface area contributed by atoms with Crippen LogP contribution in [-0.4, -0.2) is 46.1 Å². The number of nitrogens with one attached hydrogen (secondary N) is 1. The van der Waals surface area contributed by atoms with Crippen molar-refractivity contribution in [2.45, 2.75) is 32.2 Å². The zero-order valence-corrected chi connectivity index (χ0v) is 14.2. The van der Waals surface area contributed by atoms with Crippen LogP contribution in [0.3, 0.4) is 0 Å². The summed E-state index contributed by atoms with van der Waals surface area (Å²) in [4.78, 5) is 1.31. The fourth-order valence-corrected chi connectivity index (χ4v) is 4.69. The summed E-state index contributed by atoms with van der Waals surface area (Å²) in [6.45, 7) is 8.52. The van der Waals surface area contributed by atoms with Crippen molar-refractivity contribution in [2.75, 3.05) is 33.4 Å². The van der Waals surface area contributed by atoms with E-state index in [0.29, 0.717) is 31.2 Å². The van der Waals surface area contributed by atoms with Crippen molar-refractivity contribution < 1.29 is 13.2 Å². The molecule has 0 bridgehead atoms. The smallest absolute Gasteiger partial charge is 0.244 e. The Bertz CT molecular complexity index is 512. The molecule has 20 heavy (non-hydrogen) atoms. The van der Waals surface area contributed by atoms with Crippen LogP contribution in [0.4, 0.5) is 0 Å². The summed E-state index contributed by atoms with van der Waals surface area (Å²) in [5.74, 6) is 0. The molecule has 0 amide bonds. The Morgan fingerprint density at radius 3 is 2.70 bits per heavy atom. The molecule has 1 aromatic heterocycles. The van der Waals surface area contributed by atoms with Crippen LogP contribution in [-0.2, 0) is 21.3 Å². The molecule has 0 unspecified atom stereocenters. The molecule has 0 fully saturated rings. The molecule has 0 saturated heterocycles. The third kappa shape index (κ3) is 4.26. The van der Waals surface area contributed by atoms with E-state index in [1.54, 1.807) is 7.05 Å². The summed E-state index contributed by atoms with van der Waals surface area (Å²) in [5, 5.41) is 5.08. The Balaban J connectivity index is 2.93. The van der Waals surface area contributed by atoms with Gasteiger partial charge in [-0.2, -0.15) is 4.31 Å². The predicted octanol–water partition coefficient (Wildman–Crippen LogP) is 1.82. The Morgan fingerprint density at radius 1 is 1.40 bits per heavy atom. The molecule has 0 aliphatic carbocycles. The Hall–Kier alpha value is -0.470. The van der Waals surface area contributed by atoms with Crippen molar-refractivity contribution in [3.8, 4) is 0 Å². The second kappa shape index (κ2) is 8.09. The van der Waals surface area contributed by atoms with Gasteiger partial charge in [-0.15, -0.1) is 11.3 Å². The van der Waals surface area contributed by atoms with Gasteiger partial charge >= 0.3 is 0 Å². The summed E-state index contributed by atoms with van der Waals surface area (Å²) in [6, 6.07) is 0. The number of hydrogen-bond acceptors (Lipinski definition) is 5. The van der Waals surface area contributed by atoms with Gasteiger partial charge in [0.1, 0.15) is 4.90 Å². The van der Waals surface area contributed by atoms with Crippen molar-refractivity contribution in [3.05, 3.63) is 15.8 Å². The van der Waals surface area contributed by atoms with Crippen molar-refractivity contribution in [2.24, 2.45) is 0 Å². The minimum Gasteiger partial charge on any atom is -0.380 e. The van der Waals surface area contributed by atoms with E-state index in [4.69, 9.17) is 4.74 Å². The van der Waals surface area contributed by atoms with Gasteiger partial charge in [0.05, 0.1) is 6.61 Å². The highest BCUT2D eigenvalue weighted by Gasteiger charge is 2.26. The number of rotatable bonds is 9. The number of hydrogen-bond donors (Lipinski definition) is 1. The molecule has 1 N–H and O–H groups in total. The molecule has 7 heteroatoms. The van der Waals surface area contributed by atoms with Gasteiger partial charge in [-0.3, -0.25) is 0 Å². The molecular formula is C13H24N2O3S2. The number of ether oxygens (including phenoxy) is 1. The van der Waals surface area contributed by atoms with Gasteiger partial charge in [-0.1, -0.05) is 6.92 Å². The number of sulfonamides is 1. The van der Waals surface area contributed by atoms with E-state index in [9.17, 15) is 8.42 Å². The lowest BCUT2D eigenvalue weighted by atomic mass is 10.3. The first-order valence-electron chi connectivity index (χ1n) is 6.76. The van der Waals surface area contributed by atoms with Gasteiger partial charge < -0.3 is 10.1 Å². The number of likely N-dealkylation sites (N-methyl/N-ethyl adjacent to an activating group) is 1. The van der Waals surface area contributed by atoms with Gasteiger partial charge in [0.15, 0.2) is 0 Å². The average Bonchev–Trinajstić information content (AvgIpc) is 2.78. The first kappa shape index (κ1) is 17.6. The molecule has 116 valence electrons. The van der Waals surface area contributed by atoms with Crippen LogP contribution < -0.4 is 5.32 Å². The Morgan fingerprint density at radius 2 is 2.10 bits per heavy atom. The van der Waals surface area contributed by atoms with Crippen LogP contribution >= 0.6 is 11.3 Å². The van der Waals surface area contributed by atoms with Crippen molar-refractivity contribution in [1.82, 2.24) is 9.62 Å². The van der Waals surface area contributed by atoms with Gasteiger partial charge in [-0.05, 0) is 31.3 Å². The quantitative estimate of drug-likeness (QED) is 0.705. The Kier molecular flexibility index (Phi) is 7.11. The van der Waals surface area contributed by atoms with Crippen LogP contribution in [0.15, 0.2) is 10.3 Å². The standard InChI is InChI=1S/C13H24N2O3S2/c1-5-14-9-12-13(11(3)10-19-12)20(16,17)15(4)7-8-18-6-2/h10,14H,5-9H2,1-4H3. The second-order valence-electron chi connectivity index (χ2n) is 4.47. The van der Waals surface area contributed by atoms with Crippen molar-refractivity contribution in [3.63, 3.8) is 0 Å². The minimum atomic E-state index is -3.44. The van der Waals surface area contributed by atoms with Gasteiger partial charge in [0, 0.05) is 31.6 Å². The summed E-state index contributed by atoms with van der Waals surface area (Å²) in [5.41, 5.74) is 0.811. The molecule has 0 aliphatic rings. The average molecular weight is 320 g/mol. The zero-order chi connectivity index (χ0) is 15.2. The molecule has 1 aromatic rings. The summed E-state index contributed by atoms with van der Waals surface area (Å²) < 4.78 is 31.9. The summed E-state index contributed by atoms with van der Waals surface area (Å²) in [7, 11) is -1.84. The van der Waals surface area contributed by atoms with E-state index < -0.39 is 10.0 Å². The van der Waals surface area contributed by atoms with Gasteiger partial charge in [-0.25, -0.2) is 8.42 Å². The second-order valence-corrected chi connectivity index (χ2v) is 7.42. The SMILES string of the molecule is CCNCc1scc(C)c1S(=O)(=O)N(C)CCOCC. The third-order valence-corrected chi connectivity index (χ3v) is 6.27. The van der Waals surface area contributed by atoms with Crippen LogP contribution in [0.25, 0.3) is 0 Å². The van der Waals surface area contributed by atoms with Crippen LogP contribution in [0.5, 0.6) is 0 Å². The Labute approximate surface area is 126 Å². The van der Waals surface area contributed by atoms with Crippen molar-refractivity contribution >= 4 is 21.4 Å². The maximum absolute atomic E-state index is 12.6. The third-order valence-electron chi connectivity index (χ3n) is 2.95. The largest absolute Gasteiger partial charge is 0.380 e. The fourth-order valence-electron chi connectivity index (χ4n) is 1.81. The molecule has 0 saturated carbocycles. The first-order chi connectivity index (χ1) is 9.45. The highest BCUT2D eigenvalue weighted by Crippen LogP contribution is 2.28. The minimum absolute atomic E-state index is 0.367. The van der Waals surface area contributed by atoms with E-state index >= 15 is 0 Å². The highest BCUT2D eigenvalue weighted by atomic mass is 32.2. The molecule has 1 rings (SSSR count). The van der Waals surface area contributed by atoms with E-state index in [-0.39, 0.29) is 0 Å². The molecular weight excluding hydrogens is 296 g/mol. The maximum Gasteiger partial charge on any atom is 0.244 e. The van der Waals surface area contributed by atoms with Gasteiger partial charge in [0.25, 0.3) is 0 Å². The van der Waals surface area contributed by atoms with Gasteiger partial charge in [0.2, 0.25) is 10.0 Å². The monoisotopic (exact) mass is 320 g/mol. The lowest BCUT2D eigenvalue weighted by Gasteiger charge is -2.18. The number of nitrogens with zero attached hydrogens (tertiary/aromatic N) is 1. The van der Waals surface area contributed by atoms with Crippen LogP contribution in [0, 0.1) is 6.92 Å². The van der Waals surface area contributed by atoms with E-state index in [1.807, 2.05) is 26.2 Å². The lowest BCUT2D eigenvalue weighted by molar-refractivity contribution is 0.138. The normalized spacial score (nSPS) is 12.2. The molecule has 0 aliphatic heterocycles. The molecule has 0 aromatic carbocycles. The molecule has 1 heterocycles. The number of aryl methyl sites for hydroxylation is 1. The first-order valence-corrected chi connectivity index (χ1v) is 9.08. The maximum atomic E-state index is 12.6. The summed E-state index contributed by atoms with van der Waals surface area (Å²) in [6.07, 6.45) is 0. The van der Waals surface area contributed by atoms with Crippen molar-refractivity contribution in [1.29, 1.82) is 0 Å². The van der Waals surface area contributed by atoms with E-state index in [0.717, 1.165) is 17.0 Å². The molecule has 0 spiro atoms. The molecule has 5 nitrogen and oxygen atoms in total. The topological polar surface area (TPSA) is 58.6 Å².